The van der Waals surface area contributed by atoms with Gasteiger partial charge in [-0.1, -0.05) is 0 Å². The number of aliphatic imine (C=N–C) groups is 1. The van der Waals surface area contributed by atoms with Crippen LogP contribution in [0.15, 0.2) is 47.5 Å². The predicted molar refractivity (Wildman–Crippen MR) is 132 cm³/mol. The SMILES string of the molecule is CCC[CH2][Sn]([Cl])([CH2]CCC)[O]c1ccccc1C=Nc1nc2ccc(OC)cc2s1. The Morgan fingerprint density at radius 3 is 2.53 bits per heavy atom. The maximum absolute atomic E-state index is 7.12. The molecule has 0 unspecified atom stereocenters. The van der Waals surface area contributed by atoms with Crippen LogP contribution in [0.3, 0.4) is 0 Å². The fourth-order valence-corrected chi connectivity index (χ4v) is 14.4. The molecule has 0 radical (unpaired) electrons. The molecule has 1 aromatic heterocycles. The second-order valence-electron chi connectivity index (χ2n) is 7.32. The summed E-state index contributed by atoms with van der Waals surface area (Å²) in [4.78, 5) is 9.23. The molecule has 0 bridgehead atoms. The van der Waals surface area contributed by atoms with Gasteiger partial charge in [0.1, 0.15) is 0 Å². The quantitative estimate of drug-likeness (QED) is 0.181. The molecular weight excluding hydrogens is 522 g/mol. The Morgan fingerprint density at radius 1 is 1.10 bits per heavy atom. The predicted octanol–water partition coefficient (Wildman–Crippen LogP) is 7.72. The molecule has 3 rings (SSSR count). The molecule has 0 saturated carbocycles. The Morgan fingerprint density at radius 2 is 1.83 bits per heavy atom. The Kier molecular flexibility index (Phi) is 8.83. The van der Waals surface area contributed by atoms with Gasteiger partial charge in [0.25, 0.3) is 0 Å². The molecular formula is C23H29ClN2O2SSn. The molecule has 30 heavy (non-hydrogen) atoms. The molecule has 0 saturated heterocycles. The van der Waals surface area contributed by atoms with Crippen LogP contribution in [0.25, 0.3) is 10.2 Å². The molecule has 0 aliphatic heterocycles. The number of unbranched alkanes of at least 4 members (excludes halogenated alkanes) is 2. The second kappa shape index (κ2) is 11.3. The summed E-state index contributed by atoms with van der Waals surface area (Å²) in [6, 6.07) is 13.9. The number of ether oxygens (including phenoxy) is 1. The average Bonchev–Trinajstić information content (AvgIpc) is 3.18. The summed E-state index contributed by atoms with van der Waals surface area (Å²) in [5, 5.41) is 0.714. The molecule has 1 heterocycles. The standard InChI is InChI=1S/C15H12N2O2S.2C4H9.ClH.Sn/c1-19-11-6-7-12-14(8-11)20-15(17-12)16-9-10-4-2-3-5-13(10)18;2*1-3-4-2;;/h2-9,18H,1H3;2*1,3-4H2,2H3;1H;/q;;;;+2/p-2. The first kappa shape index (κ1) is 23.4. The molecule has 3 aromatic rings. The third-order valence-corrected chi connectivity index (χ3v) is 16.8. The number of nitrogens with zero attached hydrogens (tertiary/aromatic N) is 2. The number of para-hydroxylation sites is 1. The molecule has 0 atom stereocenters. The summed E-state index contributed by atoms with van der Waals surface area (Å²) in [5.74, 6) is 1.67. The Bertz CT molecular complexity index is 984. The number of halogens is 1. The molecule has 0 aliphatic carbocycles. The molecule has 0 fully saturated rings. The molecule has 160 valence electrons. The number of aromatic nitrogens is 1. The molecule has 0 amide bonds. The van der Waals surface area contributed by atoms with E-state index in [2.05, 4.69) is 23.8 Å². The zero-order chi connectivity index (χ0) is 21.4. The van der Waals surface area contributed by atoms with Gasteiger partial charge in [0.05, 0.1) is 0 Å². The van der Waals surface area contributed by atoms with E-state index in [0.29, 0.717) is 5.13 Å². The number of hydrogen-bond donors (Lipinski definition) is 0. The van der Waals surface area contributed by atoms with Crippen molar-refractivity contribution >= 4 is 59.5 Å². The summed E-state index contributed by atoms with van der Waals surface area (Å²) in [6.07, 6.45) is 6.40. The fraction of sp³-hybridized carbons (Fsp3) is 0.391. The van der Waals surface area contributed by atoms with E-state index in [9.17, 15) is 0 Å². The minimum absolute atomic E-state index is 0.714. The number of benzene rings is 2. The summed E-state index contributed by atoms with van der Waals surface area (Å²) in [6.45, 7) is 4.41. The van der Waals surface area contributed by atoms with Crippen molar-refractivity contribution in [2.45, 2.75) is 48.4 Å². The summed E-state index contributed by atoms with van der Waals surface area (Å²) >= 11 is -1.62. The van der Waals surface area contributed by atoms with Crippen LogP contribution in [-0.4, -0.2) is 36.0 Å². The third kappa shape index (κ3) is 6.34. The molecule has 7 heteroatoms. The number of rotatable bonds is 11. The third-order valence-electron chi connectivity index (χ3n) is 4.92. The molecule has 0 spiro atoms. The zero-order valence-corrected chi connectivity index (χ0v) is 22.3. The van der Waals surface area contributed by atoms with Crippen LogP contribution in [0.1, 0.15) is 45.1 Å². The molecule has 0 N–H and O–H groups in total. The van der Waals surface area contributed by atoms with Crippen LogP contribution >= 0.6 is 20.3 Å². The normalized spacial score (nSPS) is 12.0. The number of methoxy groups -OCH3 is 1. The molecule has 4 nitrogen and oxygen atoms in total. The van der Waals surface area contributed by atoms with Gasteiger partial charge < -0.3 is 0 Å². The summed E-state index contributed by atoms with van der Waals surface area (Å²) < 4.78 is 15.0. The van der Waals surface area contributed by atoms with Crippen LogP contribution in [0.5, 0.6) is 11.5 Å². The first-order valence-corrected chi connectivity index (χ1v) is 20.2. The Hall–Kier alpha value is -1.31. The average molecular weight is 552 g/mol. The van der Waals surface area contributed by atoms with Crippen molar-refractivity contribution in [2.24, 2.45) is 4.99 Å². The van der Waals surface area contributed by atoms with Gasteiger partial charge in [-0.3, -0.25) is 0 Å². The van der Waals surface area contributed by atoms with Crippen LogP contribution in [0.4, 0.5) is 5.13 Å². The maximum atomic E-state index is 7.12. The van der Waals surface area contributed by atoms with E-state index in [1.54, 1.807) is 18.4 Å². The van der Waals surface area contributed by atoms with Crippen molar-refractivity contribution in [1.29, 1.82) is 0 Å². The van der Waals surface area contributed by atoms with Gasteiger partial charge in [-0.15, -0.1) is 0 Å². The fourth-order valence-electron chi connectivity index (χ4n) is 3.19. The van der Waals surface area contributed by atoms with Crippen molar-refractivity contribution in [3.63, 3.8) is 0 Å². The van der Waals surface area contributed by atoms with Crippen molar-refractivity contribution in [1.82, 2.24) is 4.98 Å². The van der Waals surface area contributed by atoms with Gasteiger partial charge in [0.15, 0.2) is 0 Å². The number of hydrogen-bond acceptors (Lipinski definition) is 5. The van der Waals surface area contributed by atoms with E-state index in [4.69, 9.17) is 16.7 Å². The first-order chi connectivity index (χ1) is 14.6. The van der Waals surface area contributed by atoms with Gasteiger partial charge in [0, 0.05) is 0 Å². The molecule has 2 aromatic carbocycles. The van der Waals surface area contributed by atoms with Crippen LogP contribution < -0.4 is 7.81 Å². The van der Waals surface area contributed by atoms with Crippen molar-refractivity contribution in [3.05, 3.63) is 48.0 Å². The minimum atomic E-state index is -3.17. The second-order valence-corrected chi connectivity index (χ2v) is 21.4. The van der Waals surface area contributed by atoms with Crippen LogP contribution in [0, 0.1) is 0 Å². The van der Waals surface area contributed by atoms with Crippen molar-refractivity contribution < 1.29 is 7.81 Å². The topological polar surface area (TPSA) is 43.7 Å². The van der Waals surface area contributed by atoms with E-state index in [-0.39, 0.29) is 0 Å². The van der Waals surface area contributed by atoms with Gasteiger partial charge >= 0.3 is 192 Å². The zero-order valence-electron chi connectivity index (χ0n) is 17.9. The van der Waals surface area contributed by atoms with E-state index in [0.717, 1.165) is 61.8 Å². The molecule has 0 aliphatic rings. The van der Waals surface area contributed by atoms with Gasteiger partial charge in [-0.25, -0.2) is 0 Å². The Balaban J connectivity index is 1.82. The van der Waals surface area contributed by atoms with Gasteiger partial charge in [-0.05, 0) is 0 Å². The van der Waals surface area contributed by atoms with Crippen LogP contribution in [0.2, 0.25) is 8.87 Å². The summed E-state index contributed by atoms with van der Waals surface area (Å²) in [7, 11) is 8.79. The Labute approximate surface area is 191 Å². The van der Waals surface area contributed by atoms with Crippen molar-refractivity contribution in [3.8, 4) is 11.5 Å². The van der Waals surface area contributed by atoms with Gasteiger partial charge in [0.2, 0.25) is 0 Å². The van der Waals surface area contributed by atoms with E-state index >= 15 is 0 Å². The van der Waals surface area contributed by atoms with E-state index < -0.39 is 17.7 Å². The van der Waals surface area contributed by atoms with E-state index in [1.807, 2.05) is 48.7 Å². The first-order valence-electron chi connectivity index (χ1n) is 10.5. The van der Waals surface area contributed by atoms with Crippen LogP contribution in [-0.2, 0) is 0 Å². The van der Waals surface area contributed by atoms with Gasteiger partial charge in [-0.2, -0.15) is 0 Å². The number of fused-ring (bicyclic) bond motifs is 1. The van der Waals surface area contributed by atoms with E-state index in [1.165, 1.54) is 0 Å². The van der Waals surface area contributed by atoms with Crippen molar-refractivity contribution in [2.75, 3.05) is 7.11 Å². The summed E-state index contributed by atoms with van der Waals surface area (Å²) in [5.41, 5.74) is 1.87. The monoisotopic (exact) mass is 552 g/mol. The number of thiazole rings is 1.